The molecule has 0 aliphatic heterocycles. The standard InChI is InChI=1S/C18H21F2N3O3/c1-25-7-6-21-18(24)16-11-26-17(22-16)10-23(14-4-5-14)9-12-2-3-13(19)8-15(12)20/h2-3,8,11,14H,4-7,9-10H2,1H3,(H,21,24). The van der Waals surface area contributed by atoms with E-state index >= 15 is 0 Å². The topological polar surface area (TPSA) is 67.6 Å². The van der Waals surface area contributed by atoms with E-state index in [1.807, 2.05) is 4.90 Å². The van der Waals surface area contributed by atoms with Gasteiger partial charge in [-0.05, 0) is 18.9 Å². The molecule has 26 heavy (non-hydrogen) atoms. The summed E-state index contributed by atoms with van der Waals surface area (Å²) in [5.74, 6) is -1.11. The molecule has 0 radical (unpaired) electrons. The van der Waals surface area contributed by atoms with Gasteiger partial charge in [0.2, 0.25) is 5.89 Å². The van der Waals surface area contributed by atoms with Crippen LogP contribution in [-0.4, -0.2) is 42.1 Å². The van der Waals surface area contributed by atoms with E-state index in [0.717, 1.165) is 18.9 Å². The molecule has 1 saturated carbocycles. The fraction of sp³-hybridized carbons (Fsp3) is 0.444. The zero-order valence-electron chi connectivity index (χ0n) is 14.5. The van der Waals surface area contributed by atoms with Crippen LogP contribution in [-0.2, 0) is 17.8 Å². The van der Waals surface area contributed by atoms with Crippen LogP contribution >= 0.6 is 0 Å². The van der Waals surface area contributed by atoms with Gasteiger partial charge in [0.15, 0.2) is 5.69 Å². The predicted molar refractivity (Wildman–Crippen MR) is 89.3 cm³/mol. The number of nitrogens with one attached hydrogen (secondary N) is 1. The summed E-state index contributed by atoms with van der Waals surface area (Å²) in [6.07, 6.45) is 3.32. The second kappa shape index (κ2) is 8.37. The van der Waals surface area contributed by atoms with Gasteiger partial charge in [-0.2, -0.15) is 0 Å². The van der Waals surface area contributed by atoms with Gasteiger partial charge in [-0.3, -0.25) is 9.69 Å². The smallest absolute Gasteiger partial charge is 0.273 e. The molecule has 1 fully saturated rings. The van der Waals surface area contributed by atoms with Gasteiger partial charge in [-0.1, -0.05) is 6.07 Å². The Labute approximate surface area is 150 Å². The number of carbonyl (C=O) groups excluding carboxylic acids is 1. The van der Waals surface area contributed by atoms with E-state index in [9.17, 15) is 13.6 Å². The number of aromatic nitrogens is 1. The van der Waals surface area contributed by atoms with Gasteiger partial charge >= 0.3 is 0 Å². The molecule has 3 rings (SSSR count). The number of rotatable bonds is 9. The number of carbonyl (C=O) groups is 1. The molecule has 1 aromatic carbocycles. The Morgan fingerprint density at radius 2 is 2.19 bits per heavy atom. The molecule has 1 N–H and O–H groups in total. The molecule has 0 saturated heterocycles. The highest BCUT2D eigenvalue weighted by molar-refractivity contribution is 5.91. The van der Waals surface area contributed by atoms with Crippen molar-refractivity contribution in [3.8, 4) is 0 Å². The van der Waals surface area contributed by atoms with Gasteiger partial charge in [-0.15, -0.1) is 0 Å². The molecule has 8 heteroatoms. The number of hydrogen-bond donors (Lipinski definition) is 1. The summed E-state index contributed by atoms with van der Waals surface area (Å²) in [5.41, 5.74) is 0.613. The van der Waals surface area contributed by atoms with Crippen LogP contribution in [0.5, 0.6) is 0 Å². The van der Waals surface area contributed by atoms with Crippen LogP contribution in [0.15, 0.2) is 28.9 Å². The number of nitrogens with zero attached hydrogens (tertiary/aromatic N) is 2. The Kier molecular flexibility index (Phi) is 5.95. The average molecular weight is 365 g/mol. The van der Waals surface area contributed by atoms with E-state index in [4.69, 9.17) is 9.15 Å². The summed E-state index contributed by atoms with van der Waals surface area (Å²) in [6, 6.07) is 3.89. The van der Waals surface area contributed by atoms with Crippen LogP contribution in [0.25, 0.3) is 0 Å². The molecule has 0 spiro atoms. The lowest BCUT2D eigenvalue weighted by Crippen LogP contribution is -2.28. The monoisotopic (exact) mass is 365 g/mol. The first-order valence-corrected chi connectivity index (χ1v) is 8.46. The van der Waals surface area contributed by atoms with Gasteiger partial charge in [0.05, 0.1) is 13.2 Å². The third-order valence-electron chi connectivity index (χ3n) is 4.17. The number of ether oxygens (including phenoxy) is 1. The minimum Gasteiger partial charge on any atom is -0.447 e. The molecule has 1 aliphatic carbocycles. The lowest BCUT2D eigenvalue weighted by atomic mass is 10.2. The van der Waals surface area contributed by atoms with Crippen LogP contribution in [0.3, 0.4) is 0 Å². The minimum atomic E-state index is -0.596. The van der Waals surface area contributed by atoms with Crippen LogP contribution in [0.2, 0.25) is 0 Å². The van der Waals surface area contributed by atoms with Crippen molar-refractivity contribution < 1.29 is 22.7 Å². The number of halogens is 2. The van der Waals surface area contributed by atoms with E-state index in [1.165, 1.54) is 18.4 Å². The summed E-state index contributed by atoms with van der Waals surface area (Å²) in [4.78, 5) is 18.2. The summed E-state index contributed by atoms with van der Waals surface area (Å²) >= 11 is 0. The number of hydrogen-bond acceptors (Lipinski definition) is 5. The largest absolute Gasteiger partial charge is 0.447 e. The van der Waals surface area contributed by atoms with Gasteiger partial charge < -0.3 is 14.5 Å². The van der Waals surface area contributed by atoms with E-state index in [2.05, 4.69) is 10.3 Å². The fourth-order valence-electron chi connectivity index (χ4n) is 2.64. The molecule has 0 bridgehead atoms. The Morgan fingerprint density at radius 3 is 2.88 bits per heavy atom. The maximum absolute atomic E-state index is 13.9. The van der Waals surface area contributed by atoms with Gasteiger partial charge in [0.1, 0.15) is 17.9 Å². The van der Waals surface area contributed by atoms with Crippen LogP contribution in [0, 0.1) is 11.6 Å². The first-order valence-electron chi connectivity index (χ1n) is 8.46. The molecule has 6 nitrogen and oxygen atoms in total. The van der Waals surface area contributed by atoms with E-state index in [0.29, 0.717) is 43.7 Å². The highest BCUT2D eigenvalue weighted by atomic mass is 19.1. The predicted octanol–water partition coefficient (Wildman–Crippen LogP) is 2.49. The second-order valence-corrected chi connectivity index (χ2v) is 6.25. The molecule has 140 valence electrons. The second-order valence-electron chi connectivity index (χ2n) is 6.25. The summed E-state index contributed by atoms with van der Waals surface area (Å²) in [5, 5.41) is 2.67. The molecular formula is C18H21F2N3O3. The number of oxazole rings is 1. The Morgan fingerprint density at radius 1 is 1.38 bits per heavy atom. The van der Waals surface area contributed by atoms with Crippen molar-refractivity contribution in [1.82, 2.24) is 15.2 Å². The van der Waals surface area contributed by atoms with Gasteiger partial charge in [0.25, 0.3) is 5.91 Å². The zero-order chi connectivity index (χ0) is 18.5. The molecule has 1 heterocycles. The van der Waals surface area contributed by atoms with Gasteiger partial charge in [0, 0.05) is 37.9 Å². The molecule has 2 aromatic rings. The molecule has 0 atom stereocenters. The maximum atomic E-state index is 13.9. The van der Waals surface area contributed by atoms with Crippen LogP contribution in [0.4, 0.5) is 8.78 Å². The zero-order valence-corrected chi connectivity index (χ0v) is 14.5. The highest BCUT2D eigenvalue weighted by Gasteiger charge is 2.30. The molecule has 0 unspecified atom stereocenters. The number of methoxy groups -OCH3 is 1. The van der Waals surface area contributed by atoms with Crippen molar-refractivity contribution in [1.29, 1.82) is 0 Å². The van der Waals surface area contributed by atoms with Crippen LogP contribution < -0.4 is 5.32 Å². The van der Waals surface area contributed by atoms with E-state index in [1.54, 1.807) is 7.11 Å². The van der Waals surface area contributed by atoms with Crippen molar-refractivity contribution in [3.63, 3.8) is 0 Å². The first-order chi connectivity index (χ1) is 12.6. The van der Waals surface area contributed by atoms with Crippen molar-refractivity contribution in [2.75, 3.05) is 20.3 Å². The summed E-state index contributed by atoms with van der Waals surface area (Å²) < 4.78 is 37.3. The number of benzene rings is 1. The molecule has 1 amide bonds. The normalized spacial score (nSPS) is 14.0. The molecular weight excluding hydrogens is 344 g/mol. The highest BCUT2D eigenvalue weighted by Crippen LogP contribution is 2.30. The van der Waals surface area contributed by atoms with E-state index in [-0.39, 0.29) is 11.6 Å². The molecule has 1 aliphatic rings. The van der Waals surface area contributed by atoms with E-state index < -0.39 is 11.6 Å². The van der Waals surface area contributed by atoms with Crippen molar-refractivity contribution in [2.45, 2.75) is 32.0 Å². The molecule has 1 aromatic heterocycles. The average Bonchev–Trinajstić information content (AvgIpc) is 3.35. The summed E-state index contributed by atoms with van der Waals surface area (Å²) in [6.45, 7) is 1.48. The van der Waals surface area contributed by atoms with Gasteiger partial charge in [-0.25, -0.2) is 13.8 Å². The maximum Gasteiger partial charge on any atom is 0.273 e. The Balaban J connectivity index is 1.63. The number of amides is 1. The third-order valence-corrected chi connectivity index (χ3v) is 4.17. The SMILES string of the molecule is COCCNC(=O)c1coc(CN(Cc2ccc(F)cc2F)C2CC2)n1. The quantitative estimate of drug-likeness (QED) is 0.692. The Hall–Kier alpha value is -2.32. The summed E-state index contributed by atoms with van der Waals surface area (Å²) in [7, 11) is 1.55. The van der Waals surface area contributed by atoms with Crippen LogP contribution in [0.1, 0.15) is 34.8 Å². The lowest BCUT2D eigenvalue weighted by molar-refractivity contribution is 0.0932. The minimum absolute atomic E-state index is 0.194. The van der Waals surface area contributed by atoms with Crippen molar-refractivity contribution >= 4 is 5.91 Å². The lowest BCUT2D eigenvalue weighted by Gasteiger charge is -2.20. The fourth-order valence-corrected chi connectivity index (χ4v) is 2.64. The Bertz CT molecular complexity index is 762. The third kappa shape index (κ3) is 4.86. The van der Waals surface area contributed by atoms with Crippen molar-refractivity contribution in [3.05, 3.63) is 53.2 Å². The first kappa shape index (κ1) is 18.5. The van der Waals surface area contributed by atoms with Crippen molar-refractivity contribution in [2.24, 2.45) is 0 Å².